The number of benzene rings is 2. The number of nitrogens with zero attached hydrogens (tertiary/aromatic N) is 5. The van der Waals surface area contributed by atoms with Crippen molar-refractivity contribution in [2.45, 2.75) is 20.0 Å². The van der Waals surface area contributed by atoms with Crippen LogP contribution in [0, 0.1) is 6.92 Å². The van der Waals surface area contributed by atoms with E-state index in [1.54, 1.807) is 0 Å². The highest BCUT2D eigenvalue weighted by molar-refractivity contribution is 7.13. The molecule has 0 radical (unpaired) electrons. The first-order valence-electron chi connectivity index (χ1n) is 10.8. The van der Waals surface area contributed by atoms with Crippen molar-refractivity contribution < 1.29 is 4.79 Å². The molecule has 0 fully saturated rings. The first-order chi connectivity index (χ1) is 16.2. The van der Waals surface area contributed by atoms with Crippen LogP contribution in [0.15, 0.2) is 84.5 Å². The number of carbonyl (C=O) groups is 1. The fraction of sp³-hybridized carbons (Fsp3) is 0.115. The third-order valence-corrected chi connectivity index (χ3v) is 6.78. The fourth-order valence-corrected chi connectivity index (χ4v) is 5.00. The first kappa shape index (κ1) is 19.7. The van der Waals surface area contributed by atoms with Crippen molar-refractivity contribution in [2.75, 3.05) is 0 Å². The molecule has 1 aliphatic heterocycles. The molecule has 33 heavy (non-hydrogen) atoms. The molecule has 1 amide bonds. The zero-order valence-electron chi connectivity index (χ0n) is 18.0. The minimum absolute atomic E-state index is 0.0632. The third kappa shape index (κ3) is 3.47. The molecule has 0 saturated heterocycles. The van der Waals surface area contributed by atoms with Crippen molar-refractivity contribution in [3.63, 3.8) is 0 Å². The molecule has 1 aliphatic rings. The molecule has 0 bridgehead atoms. The van der Waals surface area contributed by atoms with Crippen molar-refractivity contribution in [1.82, 2.24) is 24.2 Å². The summed E-state index contributed by atoms with van der Waals surface area (Å²) in [5.74, 6) is 0.907. The Morgan fingerprint density at radius 2 is 1.70 bits per heavy atom. The Morgan fingerprint density at radius 1 is 0.939 bits per heavy atom. The van der Waals surface area contributed by atoms with Crippen LogP contribution in [-0.2, 0) is 13.1 Å². The summed E-state index contributed by atoms with van der Waals surface area (Å²) in [5, 5.41) is 7.61. The number of amides is 1. The molecule has 0 N–H and O–H groups in total. The maximum Gasteiger partial charge on any atom is 0.274 e. The SMILES string of the molecule is Cc1ccc(-n2nc3c(c2-n2cccc2)CN(C(=O)c2csc(-c4ccccc4)n2)C3)cc1. The van der Waals surface area contributed by atoms with Gasteiger partial charge in [0.05, 0.1) is 24.5 Å². The quantitative estimate of drug-likeness (QED) is 0.375. The molecular weight excluding hydrogens is 430 g/mol. The lowest BCUT2D eigenvalue weighted by Gasteiger charge is -2.16. The molecule has 0 aliphatic carbocycles. The van der Waals surface area contributed by atoms with Crippen molar-refractivity contribution in [3.05, 3.63) is 107 Å². The van der Waals surface area contributed by atoms with E-state index in [0.717, 1.165) is 33.3 Å². The van der Waals surface area contributed by atoms with Gasteiger partial charge in [0.1, 0.15) is 16.5 Å². The smallest absolute Gasteiger partial charge is 0.274 e. The summed E-state index contributed by atoms with van der Waals surface area (Å²) in [4.78, 5) is 19.7. The van der Waals surface area contributed by atoms with E-state index in [1.165, 1.54) is 16.9 Å². The van der Waals surface area contributed by atoms with Gasteiger partial charge in [0.25, 0.3) is 5.91 Å². The van der Waals surface area contributed by atoms with Crippen LogP contribution in [-0.4, -0.2) is 30.1 Å². The summed E-state index contributed by atoms with van der Waals surface area (Å²) < 4.78 is 4.04. The molecule has 4 heterocycles. The van der Waals surface area contributed by atoms with Gasteiger partial charge in [0.2, 0.25) is 0 Å². The number of aromatic nitrogens is 4. The van der Waals surface area contributed by atoms with Crippen LogP contribution in [0.3, 0.4) is 0 Å². The lowest BCUT2D eigenvalue weighted by atomic mass is 10.2. The Kier molecular flexibility index (Phi) is 4.69. The average Bonchev–Trinajstić information content (AvgIpc) is 3.63. The van der Waals surface area contributed by atoms with Gasteiger partial charge >= 0.3 is 0 Å². The molecule has 0 spiro atoms. The van der Waals surface area contributed by atoms with E-state index in [4.69, 9.17) is 5.10 Å². The van der Waals surface area contributed by atoms with Crippen LogP contribution in [0.25, 0.3) is 22.1 Å². The van der Waals surface area contributed by atoms with Gasteiger partial charge in [-0.25, -0.2) is 9.67 Å². The van der Waals surface area contributed by atoms with Gasteiger partial charge in [-0.2, -0.15) is 5.10 Å². The average molecular weight is 452 g/mol. The topological polar surface area (TPSA) is 56.0 Å². The highest BCUT2D eigenvalue weighted by atomic mass is 32.1. The molecule has 0 saturated carbocycles. The lowest BCUT2D eigenvalue weighted by molar-refractivity contribution is 0.0744. The van der Waals surface area contributed by atoms with Crippen molar-refractivity contribution in [1.29, 1.82) is 0 Å². The molecule has 6 nitrogen and oxygen atoms in total. The normalized spacial score (nSPS) is 12.8. The number of hydrogen-bond donors (Lipinski definition) is 0. The van der Waals surface area contributed by atoms with Crippen LogP contribution in [0.2, 0.25) is 0 Å². The Balaban J connectivity index is 1.32. The molecule has 6 rings (SSSR count). The summed E-state index contributed by atoms with van der Waals surface area (Å²) in [6, 6.07) is 22.3. The Bertz CT molecular complexity index is 1430. The largest absolute Gasteiger partial charge is 0.327 e. The van der Waals surface area contributed by atoms with Crippen molar-refractivity contribution >= 4 is 17.2 Å². The van der Waals surface area contributed by atoms with Crippen molar-refractivity contribution in [3.8, 4) is 22.1 Å². The maximum atomic E-state index is 13.3. The van der Waals surface area contributed by atoms with E-state index in [2.05, 4.69) is 40.7 Å². The molecule has 5 aromatic rings. The molecule has 2 aromatic carbocycles. The van der Waals surface area contributed by atoms with E-state index in [1.807, 2.05) is 69.8 Å². The minimum atomic E-state index is -0.0632. The summed E-state index contributed by atoms with van der Waals surface area (Å²) >= 11 is 1.50. The summed E-state index contributed by atoms with van der Waals surface area (Å²) in [7, 11) is 0. The van der Waals surface area contributed by atoms with Gasteiger partial charge in [0, 0.05) is 28.9 Å². The number of aryl methyl sites for hydroxylation is 1. The number of thiazole rings is 1. The summed E-state index contributed by atoms with van der Waals surface area (Å²) in [6.45, 7) is 3.05. The molecule has 7 heteroatoms. The highest BCUT2D eigenvalue weighted by Gasteiger charge is 2.32. The second-order valence-corrected chi connectivity index (χ2v) is 9.01. The first-order valence-corrected chi connectivity index (χ1v) is 11.7. The van der Waals surface area contributed by atoms with Gasteiger partial charge in [-0.3, -0.25) is 4.79 Å². The van der Waals surface area contributed by atoms with Gasteiger partial charge in [-0.1, -0.05) is 48.0 Å². The predicted octanol–water partition coefficient (Wildman–Crippen LogP) is 5.25. The van der Waals surface area contributed by atoms with E-state index in [-0.39, 0.29) is 5.91 Å². The van der Waals surface area contributed by atoms with E-state index in [9.17, 15) is 4.79 Å². The van der Waals surface area contributed by atoms with Crippen LogP contribution in [0.4, 0.5) is 0 Å². The monoisotopic (exact) mass is 451 g/mol. The van der Waals surface area contributed by atoms with Crippen LogP contribution < -0.4 is 0 Å². The number of hydrogen-bond acceptors (Lipinski definition) is 4. The molecule has 3 aromatic heterocycles. The highest BCUT2D eigenvalue weighted by Crippen LogP contribution is 2.32. The zero-order valence-corrected chi connectivity index (χ0v) is 18.9. The summed E-state index contributed by atoms with van der Waals surface area (Å²) in [6.07, 6.45) is 4.03. The molecule has 162 valence electrons. The zero-order chi connectivity index (χ0) is 22.4. The minimum Gasteiger partial charge on any atom is -0.327 e. The standard InChI is InChI=1S/C26H21N5OS/c1-18-9-11-20(12-10-18)31-25(29-13-5-6-14-29)21-15-30(16-22(21)28-31)26(32)23-17-33-24(27-23)19-7-3-2-4-8-19/h2-14,17H,15-16H2,1H3. The second-order valence-electron chi connectivity index (χ2n) is 8.15. The van der Waals surface area contributed by atoms with Gasteiger partial charge in [0.15, 0.2) is 0 Å². The molecule has 0 atom stereocenters. The Labute approximate surface area is 195 Å². The number of rotatable bonds is 4. The van der Waals surface area contributed by atoms with Gasteiger partial charge in [-0.15, -0.1) is 11.3 Å². The van der Waals surface area contributed by atoms with Gasteiger partial charge in [-0.05, 0) is 31.2 Å². The summed E-state index contributed by atoms with van der Waals surface area (Å²) in [5.41, 5.74) is 5.71. The lowest BCUT2D eigenvalue weighted by Crippen LogP contribution is -2.26. The Morgan fingerprint density at radius 3 is 2.45 bits per heavy atom. The van der Waals surface area contributed by atoms with E-state index >= 15 is 0 Å². The Hall–Kier alpha value is -3.97. The fourth-order valence-electron chi connectivity index (χ4n) is 4.20. The van der Waals surface area contributed by atoms with E-state index < -0.39 is 0 Å². The number of carbonyl (C=O) groups excluding carboxylic acids is 1. The van der Waals surface area contributed by atoms with Crippen LogP contribution in [0.5, 0.6) is 0 Å². The van der Waals surface area contributed by atoms with Crippen molar-refractivity contribution in [2.24, 2.45) is 0 Å². The van der Waals surface area contributed by atoms with Crippen LogP contribution in [0.1, 0.15) is 27.3 Å². The number of fused-ring (bicyclic) bond motifs is 1. The third-order valence-electron chi connectivity index (χ3n) is 5.89. The predicted molar refractivity (Wildman–Crippen MR) is 129 cm³/mol. The van der Waals surface area contributed by atoms with Crippen LogP contribution >= 0.6 is 11.3 Å². The molecule has 0 unspecified atom stereocenters. The second kappa shape index (κ2) is 7.86. The van der Waals surface area contributed by atoms with E-state index in [0.29, 0.717) is 18.8 Å². The van der Waals surface area contributed by atoms with Gasteiger partial charge < -0.3 is 9.47 Å². The maximum absolute atomic E-state index is 13.3. The molecular formula is C26H21N5OS.